The van der Waals surface area contributed by atoms with Crippen LogP contribution >= 0.6 is 0 Å². The lowest BCUT2D eigenvalue weighted by molar-refractivity contribution is 0.0691. The maximum absolute atomic E-state index is 10.7. The van der Waals surface area contributed by atoms with Gasteiger partial charge in [0.1, 0.15) is 5.56 Å². The van der Waals surface area contributed by atoms with Crippen molar-refractivity contribution in [3.63, 3.8) is 0 Å². The average Bonchev–Trinajstić information content (AvgIpc) is 2.46. The number of aromatic carboxylic acids is 1. The van der Waals surface area contributed by atoms with Crippen molar-refractivity contribution >= 4 is 12.3 Å². The summed E-state index contributed by atoms with van der Waals surface area (Å²) < 4.78 is 4.75. The molecule has 1 aromatic heterocycles. The molecule has 0 unspecified atom stereocenters. The molecule has 0 aliphatic heterocycles. The SMILES string of the molecule is CC(C)c1onc(C=O)c1C(=O)O. The first-order valence-corrected chi connectivity index (χ1v) is 3.76. The van der Waals surface area contributed by atoms with Crippen LogP contribution in [0.2, 0.25) is 0 Å². The Morgan fingerprint density at radius 2 is 2.23 bits per heavy atom. The van der Waals surface area contributed by atoms with Crippen LogP contribution in [-0.2, 0) is 0 Å². The van der Waals surface area contributed by atoms with Crippen LogP contribution in [0.3, 0.4) is 0 Å². The molecule has 0 radical (unpaired) electrons. The van der Waals surface area contributed by atoms with Gasteiger partial charge in [0.05, 0.1) is 0 Å². The second-order valence-electron chi connectivity index (χ2n) is 2.88. The molecule has 5 nitrogen and oxygen atoms in total. The van der Waals surface area contributed by atoms with Crippen LogP contribution in [0.1, 0.15) is 46.4 Å². The summed E-state index contributed by atoms with van der Waals surface area (Å²) >= 11 is 0. The predicted molar refractivity (Wildman–Crippen MR) is 42.9 cm³/mol. The molecule has 0 aliphatic rings. The molecule has 0 aliphatic carbocycles. The molecular weight excluding hydrogens is 174 g/mol. The average molecular weight is 183 g/mol. The number of hydrogen-bond acceptors (Lipinski definition) is 4. The highest BCUT2D eigenvalue weighted by Gasteiger charge is 2.23. The lowest BCUT2D eigenvalue weighted by Crippen LogP contribution is -2.03. The number of rotatable bonds is 3. The number of hydrogen-bond donors (Lipinski definition) is 1. The van der Waals surface area contributed by atoms with E-state index in [1.165, 1.54) is 0 Å². The third-order valence-corrected chi connectivity index (χ3v) is 1.59. The van der Waals surface area contributed by atoms with E-state index in [1.54, 1.807) is 13.8 Å². The van der Waals surface area contributed by atoms with Crippen LogP contribution in [-0.4, -0.2) is 22.5 Å². The zero-order valence-electron chi connectivity index (χ0n) is 7.27. The lowest BCUT2D eigenvalue weighted by Gasteiger charge is -1.98. The summed E-state index contributed by atoms with van der Waals surface area (Å²) in [6, 6.07) is 0. The van der Waals surface area contributed by atoms with Crippen LogP contribution in [0.4, 0.5) is 0 Å². The number of carboxylic acid groups (broad SMARTS) is 1. The summed E-state index contributed by atoms with van der Waals surface area (Å²) in [5, 5.41) is 12.1. The van der Waals surface area contributed by atoms with E-state index in [0.29, 0.717) is 6.29 Å². The number of aldehydes is 1. The van der Waals surface area contributed by atoms with Crippen molar-refractivity contribution in [2.45, 2.75) is 19.8 Å². The normalized spacial score (nSPS) is 10.4. The quantitative estimate of drug-likeness (QED) is 0.714. The maximum atomic E-state index is 10.7. The van der Waals surface area contributed by atoms with E-state index < -0.39 is 5.97 Å². The van der Waals surface area contributed by atoms with Gasteiger partial charge in [-0.05, 0) is 0 Å². The second-order valence-corrected chi connectivity index (χ2v) is 2.88. The lowest BCUT2D eigenvalue weighted by atomic mass is 10.1. The molecule has 0 amide bonds. The Morgan fingerprint density at radius 3 is 2.62 bits per heavy atom. The van der Waals surface area contributed by atoms with Crippen LogP contribution in [0.25, 0.3) is 0 Å². The summed E-state index contributed by atoms with van der Waals surface area (Å²) in [7, 11) is 0. The van der Waals surface area contributed by atoms with E-state index in [0.717, 1.165) is 0 Å². The van der Waals surface area contributed by atoms with E-state index in [2.05, 4.69) is 5.16 Å². The van der Waals surface area contributed by atoms with Crippen LogP contribution in [0.15, 0.2) is 4.52 Å². The van der Waals surface area contributed by atoms with Crippen molar-refractivity contribution in [1.29, 1.82) is 0 Å². The molecule has 1 aromatic rings. The smallest absolute Gasteiger partial charge is 0.341 e. The van der Waals surface area contributed by atoms with E-state index in [-0.39, 0.29) is 22.9 Å². The molecule has 70 valence electrons. The van der Waals surface area contributed by atoms with Crippen molar-refractivity contribution in [3.05, 3.63) is 17.0 Å². The van der Waals surface area contributed by atoms with Gasteiger partial charge in [-0.2, -0.15) is 0 Å². The van der Waals surface area contributed by atoms with E-state index >= 15 is 0 Å². The Labute approximate surface area is 74.3 Å². The molecule has 0 spiro atoms. The molecule has 1 rings (SSSR count). The third kappa shape index (κ3) is 1.58. The first kappa shape index (κ1) is 9.44. The zero-order chi connectivity index (χ0) is 10.0. The number of carboxylic acids is 1. The Bertz CT molecular complexity index is 340. The minimum absolute atomic E-state index is 0.104. The van der Waals surface area contributed by atoms with Gasteiger partial charge in [-0.3, -0.25) is 4.79 Å². The summed E-state index contributed by atoms with van der Waals surface area (Å²) in [4.78, 5) is 21.1. The van der Waals surface area contributed by atoms with Gasteiger partial charge in [-0.15, -0.1) is 0 Å². The van der Waals surface area contributed by atoms with Gasteiger partial charge < -0.3 is 9.63 Å². The van der Waals surface area contributed by atoms with Gasteiger partial charge in [-0.25, -0.2) is 4.79 Å². The van der Waals surface area contributed by atoms with Gasteiger partial charge in [-0.1, -0.05) is 19.0 Å². The van der Waals surface area contributed by atoms with Crippen molar-refractivity contribution in [2.24, 2.45) is 0 Å². The molecule has 13 heavy (non-hydrogen) atoms. The highest BCUT2D eigenvalue weighted by Crippen LogP contribution is 2.21. The van der Waals surface area contributed by atoms with E-state index in [4.69, 9.17) is 9.63 Å². The number of carbonyl (C=O) groups excluding carboxylic acids is 1. The fourth-order valence-electron chi connectivity index (χ4n) is 1.01. The second kappa shape index (κ2) is 3.38. The monoisotopic (exact) mass is 183 g/mol. The van der Waals surface area contributed by atoms with Crippen LogP contribution in [0, 0.1) is 0 Å². The first-order chi connectivity index (χ1) is 6.07. The Morgan fingerprint density at radius 1 is 1.62 bits per heavy atom. The fraction of sp³-hybridized carbons (Fsp3) is 0.375. The molecule has 1 heterocycles. The number of nitrogens with zero attached hydrogens (tertiary/aromatic N) is 1. The van der Waals surface area contributed by atoms with Crippen molar-refractivity contribution in [2.75, 3.05) is 0 Å². The van der Waals surface area contributed by atoms with E-state index in [1.807, 2.05) is 0 Å². The molecule has 0 fully saturated rings. The molecule has 1 N–H and O–H groups in total. The molecule has 0 saturated carbocycles. The van der Waals surface area contributed by atoms with Gasteiger partial charge in [0.2, 0.25) is 0 Å². The van der Waals surface area contributed by atoms with E-state index in [9.17, 15) is 9.59 Å². The van der Waals surface area contributed by atoms with Crippen LogP contribution < -0.4 is 0 Å². The van der Waals surface area contributed by atoms with Gasteiger partial charge >= 0.3 is 5.97 Å². The van der Waals surface area contributed by atoms with Gasteiger partial charge in [0, 0.05) is 5.92 Å². The predicted octanol–water partition coefficient (Wildman–Crippen LogP) is 1.31. The Hall–Kier alpha value is -1.65. The number of carbonyl (C=O) groups is 2. The van der Waals surface area contributed by atoms with Crippen molar-refractivity contribution in [3.8, 4) is 0 Å². The van der Waals surface area contributed by atoms with Crippen molar-refractivity contribution in [1.82, 2.24) is 5.16 Å². The Kier molecular flexibility index (Phi) is 2.46. The molecule has 5 heteroatoms. The Balaban J connectivity index is 3.29. The fourth-order valence-corrected chi connectivity index (χ4v) is 1.01. The summed E-state index contributed by atoms with van der Waals surface area (Å²) in [5.41, 5.74) is -0.291. The van der Waals surface area contributed by atoms with Gasteiger partial charge in [0.15, 0.2) is 17.7 Å². The minimum atomic E-state index is -1.19. The van der Waals surface area contributed by atoms with Crippen molar-refractivity contribution < 1.29 is 19.2 Å². The molecule has 0 saturated heterocycles. The summed E-state index contributed by atoms with van der Waals surface area (Å²) in [6.45, 7) is 3.53. The molecule has 0 aromatic carbocycles. The zero-order valence-corrected chi connectivity index (χ0v) is 7.27. The minimum Gasteiger partial charge on any atom is -0.477 e. The first-order valence-electron chi connectivity index (χ1n) is 3.76. The highest BCUT2D eigenvalue weighted by molar-refractivity contribution is 5.96. The third-order valence-electron chi connectivity index (χ3n) is 1.59. The summed E-state index contributed by atoms with van der Waals surface area (Å²) in [6.07, 6.45) is 0.374. The largest absolute Gasteiger partial charge is 0.477 e. The molecular formula is C8H9NO4. The van der Waals surface area contributed by atoms with Gasteiger partial charge in [0.25, 0.3) is 0 Å². The standard InChI is InChI=1S/C8H9NO4/c1-4(2)7-6(8(11)12)5(3-10)9-13-7/h3-4H,1-2H3,(H,11,12). The molecule has 0 bridgehead atoms. The summed E-state index contributed by atoms with van der Waals surface area (Å²) in [5.74, 6) is -1.06. The topological polar surface area (TPSA) is 80.4 Å². The number of aromatic nitrogens is 1. The maximum Gasteiger partial charge on any atom is 0.341 e. The van der Waals surface area contributed by atoms with Crippen LogP contribution in [0.5, 0.6) is 0 Å². The highest BCUT2D eigenvalue weighted by atomic mass is 16.5. The molecule has 0 atom stereocenters.